The molecule has 0 saturated heterocycles. The number of fused-ring (bicyclic) bond motifs is 3. The Labute approximate surface area is 162 Å². The molecule has 132 valence electrons. The lowest BCUT2D eigenvalue weighted by Crippen LogP contribution is -1.76. The van der Waals surface area contributed by atoms with Crippen LogP contribution >= 0.6 is 0 Å². The molecule has 0 amide bonds. The summed E-state index contributed by atoms with van der Waals surface area (Å²) in [6, 6.07) is 25.5. The van der Waals surface area contributed by atoms with E-state index in [9.17, 15) is 0 Å². The lowest BCUT2D eigenvalue weighted by Gasteiger charge is -1.93. The Bertz CT molecular complexity index is 870. The standard InChI is InChI=1S/3C9H8/c3*1-2-5-9-7-3-6-8(9)4-1/h3*1-6H,7H2. The van der Waals surface area contributed by atoms with Crippen LogP contribution in [0.5, 0.6) is 0 Å². The second kappa shape index (κ2) is 8.51. The first-order valence-corrected chi connectivity index (χ1v) is 9.63. The lowest BCUT2D eigenvalue weighted by atomic mass is 10.1. The molecule has 0 heterocycles. The zero-order valence-corrected chi connectivity index (χ0v) is 15.5. The molecular weight excluding hydrogens is 324 g/mol. The van der Waals surface area contributed by atoms with Crippen LogP contribution in [0.3, 0.4) is 0 Å². The van der Waals surface area contributed by atoms with Gasteiger partial charge in [0.05, 0.1) is 0 Å². The molecule has 0 aromatic heterocycles. The topological polar surface area (TPSA) is 0 Å². The minimum atomic E-state index is 1.12. The van der Waals surface area contributed by atoms with Gasteiger partial charge in [-0.1, -0.05) is 109 Å². The molecule has 0 spiro atoms. The average Bonchev–Trinajstić information content (AvgIpc) is 3.48. The summed E-state index contributed by atoms with van der Waals surface area (Å²) in [5.41, 5.74) is 8.53. The van der Waals surface area contributed by atoms with E-state index in [0.717, 1.165) is 19.3 Å². The molecule has 0 radical (unpaired) electrons. The van der Waals surface area contributed by atoms with Gasteiger partial charge in [0.15, 0.2) is 0 Å². The van der Waals surface area contributed by atoms with E-state index in [4.69, 9.17) is 0 Å². The van der Waals surface area contributed by atoms with Crippen LogP contribution in [-0.2, 0) is 19.3 Å². The van der Waals surface area contributed by atoms with Gasteiger partial charge in [-0.25, -0.2) is 0 Å². The van der Waals surface area contributed by atoms with E-state index < -0.39 is 0 Å². The highest BCUT2D eigenvalue weighted by Crippen LogP contribution is 2.19. The molecule has 3 aliphatic rings. The molecule has 3 aliphatic carbocycles. The highest BCUT2D eigenvalue weighted by molar-refractivity contribution is 5.60. The zero-order valence-electron chi connectivity index (χ0n) is 15.5. The van der Waals surface area contributed by atoms with Crippen molar-refractivity contribution in [3.63, 3.8) is 0 Å². The molecule has 6 rings (SSSR count). The van der Waals surface area contributed by atoms with E-state index in [1.807, 2.05) is 0 Å². The molecule has 0 aliphatic heterocycles. The van der Waals surface area contributed by atoms with Crippen molar-refractivity contribution in [1.29, 1.82) is 0 Å². The quantitative estimate of drug-likeness (QED) is 0.420. The average molecular weight is 348 g/mol. The summed E-state index contributed by atoms with van der Waals surface area (Å²) < 4.78 is 0. The molecule has 0 heteroatoms. The second-order valence-electron chi connectivity index (χ2n) is 6.92. The fourth-order valence-electron chi connectivity index (χ4n) is 3.59. The maximum atomic E-state index is 2.20. The summed E-state index contributed by atoms with van der Waals surface area (Å²) in [4.78, 5) is 0. The predicted molar refractivity (Wildman–Crippen MR) is 118 cm³/mol. The van der Waals surface area contributed by atoms with E-state index in [0.29, 0.717) is 0 Å². The van der Waals surface area contributed by atoms with Crippen LogP contribution in [0, 0.1) is 0 Å². The van der Waals surface area contributed by atoms with Crippen molar-refractivity contribution in [3.8, 4) is 0 Å². The Morgan fingerprint density at radius 3 is 0.963 bits per heavy atom. The number of allylic oxidation sites excluding steroid dienone is 3. The highest BCUT2D eigenvalue weighted by Gasteiger charge is 2.01. The SMILES string of the molecule is C1=Cc2ccccc2C1.C1=Cc2ccccc2C1.C1=Cc2ccccc2C1. The van der Waals surface area contributed by atoms with Gasteiger partial charge in [0, 0.05) is 0 Å². The van der Waals surface area contributed by atoms with Crippen LogP contribution in [0.2, 0.25) is 0 Å². The molecule has 0 N–H and O–H groups in total. The summed E-state index contributed by atoms with van der Waals surface area (Å²) in [5, 5.41) is 0. The van der Waals surface area contributed by atoms with Gasteiger partial charge in [0.2, 0.25) is 0 Å². The molecule has 0 fully saturated rings. The fourth-order valence-corrected chi connectivity index (χ4v) is 3.59. The van der Waals surface area contributed by atoms with Crippen molar-refractivity contribution < 1.29 is 0 Å². The molecule has 0 bridgehead atoms. The van der Waals surface area contributed by atoms with Crippen molar-refractivity contribution in [2.75, 3.05) is 0 Å². The summed E-state index contributed by atoms with van der Waals surface area (Å²) in [6.07, 6.45) is 16.5. The maximum absolute atomic E-state index is 2.20. The number of hydrogen-bond donors (Lipinski definition) is 0. The van der Waals surface area contributed by atoms with E-state index in [1.54, 1.807) is 0 Å². The highest BCUT2D eigenvalue weighted by atomic mass is 14.1. The smallest absolute Gasteiger partial charge is 0.00882 e. The number of rotatable bonds is 0. The minimum absolute atomic E-state index is 1.12. The summed E-state index contributed by atoms with van der Waals surface area (Å²) in [7, 11) is 0. The van der Waals surface area contributed by atoms with Gasteiger partial charge in [0.25, 0.3) is 0 Å². The summed E-state index contributed by atoms with van der Waals surface area (Å²) in [6.45, 7) is 0. The van der Waals surface area contributed by atoms with Gasteiger partial charge >= 0.3 is 0 Å². The predicted octanol–water partition coefficient (Wildman–Crippen LogP) is 6.77. The van der Waals surface area contributed by atoms with Crippen LogP contribution in [-0.4, -0.2) is 0 Å². The van der Waals surface area contributed by atoms with Crippen LogP contribution in [0.25, 0.3) is 18.2 Å². The molecule has 27 heavy (non-hydrogen) atoms. The van der Waals surface area contributed by atoms with Crippen LogP contribution < -0.4 is 0 Å². The lowest BCUT2D eigenvalue weighted by molar-refractivity contribution is 1.31. The number of benzene rings is 3. The van der Waals surface area contributed by atoms with Crippen molar-refractivity contribution in [1.82, 2.24) is 0 Å². The Morgan fingerprint density at radius 1 is 0.370 bits per heavy atom. The molecular formula is C27H24. The van der Waals surface area contributed by atoms with Gasteiger partial charge in [-0.2, -0.15) is 0 Å². The van der Waals surface area contributed by atoms with Crippen molar-refractivity contribution >= 4 is 18.2 Å². The summed E-state index contributed by atoms with van der Waals surface area (Å²) >= 11 is 0. The third-order valence-corrected chi connectivity index (χ3v) is 5.07. The third kappa shape index (κ3) is 4.35. The van der Waals surface area contributed by atoms with Gasteiger partial charge in [-0.05, 0) is 52.6 Å². The van der Waals surface area contributed by atoms with Crippen LogP contribution in [0.4, 0.5) is 0 Å². The molecule has 0 saturated carbocycles. The molecule has 0 unspecified atom stereocenters. The Balaban J connectivity index is 0.0000001000. The maximum Gasteiger partial charge on any atom is -0.00882 e. The monoisotopic (exact) mass is 348 g/mol. The van der Waals surface area contributed by atoms with E-state index in [-0.39, 0.29) is 0 Å². The molecule has 3 aromatic carbocycles. The van der Waals surface area contributed by atoms with Crippen LogP contribution in [0.15, 0.2) is 91.0 Å². The Morgan fingerprint density at radius 2 is 0.667 bits per heavy atom. The first-order chi connectivity index (χ1) is 13.4. The van der Waals surface area contributed by atoms with Gasteiger partial charge in [-0.3, -0.25) is 0 Å². The third-order valence-electron chi connectivity index (χ3n) is 5.07. The van der Waals surface area contributed by atoms with Gasteiger partial charge in [-0.15, -0.1) is 0 Å². The van der Waals surface area contributed by atoms with Crippen molar-refractivity contribution in [2.24, 2.45) is 0 Å². The Hall–Kier alpha value is -3.12. The van der Waals surface area contributed by atoms with Crippen molar-refractivity contribution in [3.05, 3.63) is 124 Å². The van der Waals surface area contributed by atoms with Crippen LogP contribution in [0.1, 0.15) is 33.4 Å². The Kier molecular flexibility index (Phi) is 5.45. The molecule has 3 aromatic rings. The van der Waals surface area contributed by atoms with E-state index in [2.05, 4.69) is 109 Å². The van der Waals surface area contributed by atoms with Crippen molar-refractivity contribution in [2.45, 2.75) is 19.3 Å². The van der Waals surface area contributed by atoms with E-state index in [1.165, 1.54) is 33.4 Å². The normalized spacial score (nSPS) is 13.8. The minimum Gasteiger partial charge on any atom is -0.0795 e. The fraction of sp³-hybridized carbons (Fsp3) is 0.111. The largest absolute Gasteiger partial charge is 0.0795 e. The zero-order chi connectivity index (χ0) is 18.3. The first kappa shape index (κ1) is 17.3. The summed E-state index contributed by atoms with van der Waals surface area (Å²) in [5.74, 6) is 0. The first-order valence-electron chi connectivity index (χ1n) is 9.63. The molecule has 0 nitrogen and oxygen atoms in total. The van der Waals surface area contributed by atoms with Gasteiger partial charge in [0.1, 0.15) is 0 Å². The second-order valence-corrected chi connectivity index (χ2v) is 6.92. The molecule has 0 atom stereocenters. The van der Waals surface area contributed by atoms with Gasteiger partial charge < -0.3 is 0 Å². The number of hydrogen-bond acceptors (Lipinski definition) is 0. The van der Waals surface area contributed by atoms with E-state index >= 15 is 0 Å².